The van der Waals surface area contributed by atoms with Gasteiger partial charge in [0.1, 0.15) is 5.75 Å². The van der Waals surface area contributed by atoms with Gasteiger partial charge in [-0.2, -0.15) is 0 Å². The normalized spacial score (nSPS) is 15.6. The number of aliphatic hydroxyl groups is 1. The summed E-state index contributed by atoms with van der Waals surface area (Å²) < 4.78 is 5.35. The van der Waals surface area contributed by atoms with Crippen molar-refractivity contribution in [2.45, 2.75) is 38.2 Å². The van der Waals surface area contributed by atoms with E-state index in [1.807, 2.05) is 12.1 Å². The Bertz CT molecular complexity index is 612. The summed E-state index contributed by atoms with van der Waals surface area (Å²) >= 11 is 7.81. The standard InChI is InChI=1S/C17H19ClO2S/c1-20-15-7-6-13(18)8-12(15)9-14(19)17-10-11-4-2-3-5-16(11)21-17/h6-8,10,14,19H,2-5,9H2,1H3. The summed E-state index contributed by atoms with van der Waals surface area (Å²) in [6, 6.07) is 7.71. The number of aryl methyl sites for hydroxylation is 2. The largest absolute Gasteiger partial charge is 0.496 e. The van der Waals surface area contributed by atoms with Crippen LogP contribution in [0.3, 0.4) is 0 Å². The van der Waals surface area contributed by atoms with Crippen molar-refractivity contribution in [1.29, 1.82) is 0 Å². The van der Waals surface area contributed by atoms with Crippen LogP contribution < -0.4 is 4.74 Å². The zero-order valence-corrected chi connectivity index (χ0v) is 13.6. The van der Waals surface area contributed by atoms with Crippen molar-refractivity contribution < 1.29 is 9.84 Å². The van der Waals surface area contributed by atoms with Gasteiger partial charge in [-0.1, -0.05) is 11.6 Å². The van der Waals surface area contributed by atoms with Gasteiger partial charge in [-0.25, -0.2) is 0 Å². The first-order valence-corrected chi connectivity index (χ1v) is 8.49. The van der Waals surface area contributed by atoms with Crippen molar-refractivity contribution in [2.24, 2.45) is 0 Å². The van der Waals surface area contributed by atoms with Gasteiger partial charge in [-0.3, -0.25) is 0 Å². The first-order chi connectivity index (χ1) is 10.2. The average molecular weight is 323 g/mol. The van der Waals surface area contributed by atoms with Crippen LogP contribution >= 0.6 is 22.9 Å². The second-order valence-corrected chi connectivity index (χ2v) is 7.09. The Morgan fingerprint density at radius 1 is 1.29 bits per heavy atom. The Hall–Kier alpha value is -1.03. The lowest BCUT2D eigenvalue weighted by Gasteiger charge is -2.12. The van der Waals surface area contributed by atoms with Crippen LogP contribution in [-0.4, -0.2) is 12.2 Å². The molecule has 0 fully saturated rings. The Labute approximate surface area is 134 Å². The van der Waals surface area contributed by atoms with Crippen LogP contribution in [0.4, 0.5) is 0 Å². The molecule has 4 heteroatoms. The van der Waals surface area contributed by atoms with Crippen molar-refractivity contribution in [1.82, 2.24) is 0 Å². The van der Waals surface area contributed by atoms with Crippen LogP contribution in [0, 0.1) is 0 Å². The van der Waals surface area contributed by atoms with Crippen molar-refractivity contribution >= 4 is 22.9 Å². The molecule has 1 N–H and O–H groups in total. The molecule has 2 aromatic rings. The average Bonchev–Trinajstić information content (AvgIpc) is 2.91. The number of thiophene rings is 1. The predicted molar refractivity (Wildman–Crippen MR) is 87.6 cm³/mol. The molecule has 1 atom stereocenters. The fourth-order valence-corrected chi connectivity index (χ4v) is 4.33. The van der Waals surface area contributed by atoms with E-state index in [0.717, 1.165) is 29.0 Å². The summed E-state index contributed by atoms with van der Waals surface area (Å²) in [5.41, 5.74) is 2.38. The molecule has 1 unspecified atom stereocenters. The Morgan fingerprint density at radius 2 is 2.10 bits per heavy atom. The molecule has 0 bridgehead atoms. The van der Waals surface area contributed by atoms with Crippen LogP contribution in [0.5, 0.6) is 5.75 Å². The van der Waals surface area contributed by atoms with Gasteiger partial charge in [0, 0.05) is 21.2 Å². The highest BCUT2D eigenvalue weighted by molar-refractivity contribution is 7.12. The fraction of sp³-hybridized carbons (Fsp3) is 0.412. The van der Waals surface area contributed by atoms with Crippen LogP contribution in [0.1, 0.15) is 39.8 Å². The Kier molecular flexibility index (Phi) is 4.53. The van der Waals surface area contributed by atoms with E-state index in [0.29, 0.717) is 11.4 Å². The number of aliphatic hydroxyl groups excluding tert-OH is 1. The van der Waals surface area contributed by atoms with Gasteiger partial charge in [-0.15, -0.1) is 11.3 Å². The molecular weight excluding hydrogens is 304 g/mol. The van der Waals surface area contributed by atoms with Gasteiger partial charge >= 0.3 is 0 Å². The highest BCUT2D eigenvalue weighted by atomic mass is 35.5. The topological polar surface area (TPSA) is 29.5 Å². The zero-order valence-electron chi connectivity index (χ0n) is 12.1. The number of hydrogen-bond acceptors (Lipinski definition) is 3. The van der Waals surface area contributed by atoms with E-state index in [2.05, 4.69) is 6.07 Å². The first kappa shape index (κ1) is 14.9. The van der Waals surface area contributed by atoms with Crippen LogP contribution in [0.2, 0.25) is 5.02 Å². The third-order valence-electron chi connectivity index (χ3n) is 4.00. The highest BCUT2D eigenvalue weighted by Crippen LogP contribution is 2.35. The summed E-state index contributed by atoms with van der Waals surface area (Å²) in [4.78, 5) is 2.51. The summed E-state index contributed by atoms with van der Waals surface area (Å²) in [7, 11) is 1.64. The smallest absolute Gasteiger partial charge is 0.122 e. The number of fused-ring (bicyclic) bond motifs is 1. The monoisotopic (exact) mass is 322 g/mol. The third kappa shape index (κ3) is 3.25. The van der Waals surface area contributed by atoms with Gasteiger partial charge in [0.25, 0.3) is 0 Å². The molecule has 0 radical (unpaired) electrons. The molecule has 0 amide bonds. The van der Waals surface area contributed by atoms with E-state index >= 15 is 0 Å². The third-order valence-corrected chi connectivity index (χ3v) is 5.57. The predicted octanol–water partition coefficient (Wildman–Crippen LogP) is 4.57. The molecule has 0 aliphatic heterocycles. The van der Waals surface area contributed by atoms with Gasteiger partial charge in [0.05, 0.1) is 13.2 Å². The fourth-order valence-electron chi connectivity index (χ4n) is 2.89. The Morgan fingerprint density at radius 3 is 2.86 bits per heavy atom. The minimum absolute atomic E-state index is 0.493. The molecule has 2 nitrogen and oxygen atoms in total. The number of methoxy groups -OCH3 is 1. The Balaban J connectivity index is 1.81. The molecule has 0 saturated heterocycles. The van der Waals surface area contributed by atoms with Gasteiger partial charge in [0.2, 0.25) is 0 Å². The summed E-state index contributed by atoms with van der Waals surface area (Å²) in [5.74, 6) is 0.778. The lowest BCUT2D eigenvalue weighted by Crippen LogP contribution is -2.02. The van der Waals surface area contributed by atoms with Crippen molar-refractivity contribution in [3.05, 3.63) is 50.2 Å². The van der Waals surface area contributed by atoms with Crippen molar-refractivity contribution in [3.8, 4) is 5.75 Å². The quantitative estimate of drug-likeness (QED) is 0.893. The molecule has 1 aliphatic carbocycles. The second kappa shape index (κ2) is 6.39. The maximum absolute atomic E-state index is 10.5. The van der Waals surface area contributed by atoms with E-state index in [1.165, 1.54) is 23.3 Å². The summed E-state index contributed by atoms with van der Waals surface area (Å²) in [6.07, 6.45) is 4.88. The maximum atomic E-state index is 10.5. The zero-order chi connectivity index (χ0) is 14.8. The summed E-state index contributed by atoms with van der Waals surface area (Å²) in [6.45, 7) is 0. The minimum atomic E-state index is -0.493. The highest BCUT2D eigenvalue weighted by Gasteiger charge is 2.19. The molecule has 1 aliphatic rings. The van der Waals surface area contributed by atoms with E-state index in [4.69, 9.17) is 16.3 Å². The van der Waals surface area contributed by atoms with Crippen LogP contribution in [0.25, 0.3) is 0 Å². The van der Waals surface area contributed by atoms with Crippen LogP contribution in [0.15, 0.2) is 24.3 Å². The number of rotatable bonds is 4. The van der Waals surface area contributed by atoms with E-state index in [-0.39, 0.29) is 0 Å². The number of halogens is 1. The van der Waals surface area contributed by atoms with E-state index in [9.17, 15) is 5.11 Å². The number of benzene rings is 1. The number of hydrogen-bond donors (Lipinski definition) is 1. The van der Waals surface area contributed by atoms with Crippen molar-refractivity contribution in [2.75, 3.05) is 7.11 Å². The second-order valence-electron chi connectivity index (χ2n) is 5.48. The maximum Gasteiger partial charge on any atom is 0.122 e. The van der Waals surface area contributed by atoms with Gasteiger partial charge in [-0.05, 0) is 61.1 Å². The molecule has 0 saturated carbocycles. The number of ether oxygens (including phenoxy) is 1. The first-order valence-electron chi connectivity index (χ1n) is 7.29. The molecule has 1 aromatic carbocycles. The van der Waals surface area contributed by atoms with E-state index < -0.39 is 6.10 Å². The lowest BCUT2D eigenvalue weighted by atomic mass is 9.98. The van der Waals surface area contributed by atoms with E-state index in [1.54, 1.807) is 24.5 Å². The lowest BCUT2D eigenvalue weighted by molar-refractivity contribution is 0.181. The van der Waals surface area contributed by atoms with Crippen molar-refractivity contribution in [3.63, 3.8) is 0 Å². The molecule has 21 heavy (non-hydrogen) atoms. The molecule has 112 valence electrons. The van der Waals surface area contributed by atoms with Gasteiger partial charge < -0.3 is 9.84 Å². The van der Waals surface area contributed by atoms with Crippen LogP contribution in [-0.2, 0) is 19.3 Å². The molecule has 3 rings (SSSR count). The van der Waals surface area contributed by atoms with Gasteiger partial charge in [0.15, 0.2) is 0 Å². The minimum Gasteiger partial charge on any atom is -0.496 e. The SMILES string of the molecule is COc1ccc(Cl)cc1CC(O)c1cc2c(s1)CCCC2. The molecule has 0 spiro atoms. The summed E-state index contributed by atoms with van der Waals surface area (Å²) in [5, 5.41) is 11.2. The molecule has 1 aromatic heterocycles. The molecule has 1 heterocycles. The molecular formula is C17H19ClO2S.